The molecule has 0 saturated carbocycles. The van der Waals surface area contributed by atoms with Gasteiger partial charge in [0.2, 0.25) is 0 Å². The molecule has 0 fully saturated rings. The van der Waals surface area contributed by atoms with Gasteiger partial charge in [-0.1, -0.05) is 11.6 Å². The predicted octanol–water partition coefficient (Wildman–Crippen LogP) is 2.11. The van der Waals surface area contributed by atoms with Crippen LogP contribution in [-0.2, 0) is 11.3 Å². The quantitative estimate of drug-likeness (QED) is 0.750. The molecule has 0 unspecified atom stereocenters. The van der Waals surface area contributed by atoms with Crippen LogP contribution >= 0.6 is 0 Å². The van der Waals surface area contributed by atoms with Crippen molar-refractivity contribution in [2.45, 2.75) is 25.8 Å². The fraction of sp³-hybridized carbons (Fsp3) is 0.500. The summed E-state index contributed by atoms with van der Waals surface area (Å²) in [4.78, 5) is 4.02. The number of methoxy groups -OCH3 is 1. The number of nitrogens with zero attached hydrogens (tertiary/aromatic N) is 2. The molecule has 18 heavy (non-hydrogen) atoms. The molecule has 1 aliphatic rings. The number of allylic oxidation sites excluding steroid dienone is 3. The van der Waals surface area contributed by atoms with Gasteiger partial charge in [-0.3, -0.25) is 0 Å². The molecule has 0 aliphatic heterocycles. The maximum absolute atomic E-state index is 5.21. The number of nitrogens with one attached hydrogen (secondary N) is 1. The van der Waals surface area contributed by atoms with E-state index in [1.807, 2.05) is 18.7 Å². The average molecular weight is 247 g/mol. The zero-order valence-electron chi connectivity index (χ0n) is 10.9. The van der Waals surface area contributed by atoms with Crippen molar-refractivity contribution in [3.05, 3.63) is 42.2 Å². The normalized spacial score (nSPS) is 15.2. The van der Waals surface area contributed by atoms with Crippen molar-refractivity contribution in [3.8, 4) is 0 Å². The minimum atomic E-state index is 0.984. The van der Waals surface area contributed by atoms with Gasteiger partial charge in [-0.05, 0) is 25.5 Å². The van der Waals surface area contributed by atoms with Crippen molar-refractivity contribution in [2.24, 2.45) is 0 Å². The molecular weight excluding hydrogens is 226 g/mol. The van der Waals surface area contributed by atoms with E-state index in [1.165, 1.54) is 5.57 Å². The predicted molar refractivity (Wildman–Crippen MR) is 72.1 cm³/mol. The summed E-state index contributed by atoms with van der Waals surface area (Å²) in [7, 11) is 1.74. The molecular formula is C14H21N3O. The highest BCUT2D eigenvalue weighted by atomic mass is 16.5. The largest absolute Gasteiger partial charge is 0.501 e. The van der Waals surface area contributed by atoms with Gasteiger partial charge in [0.25, 0.3) is 0 Å². The number of rotatable bonds is 7. The molecule has 1 N–H and O–H groups in total. The first kappa shape index (κ1) is 12.9. The van der Waals surface area contributed by atoms with E-state index in [1.54, 1.807) is 7.11 Å². The zero-order valence-corrected chi connectivity index (χ0v) is 10.9. The number of imidazole rings is 1. The Morgan fingerprint density at radius 2 is 2.33 bits per heavy atom. The molecule has 2 rings (SSSR count). The van der Waals surface area contributed by atoms with Crippen LogP contribution in [0.1, 0.15) is 19.3 Å². The molecule has 1 heterocycles. The van der Waals surface area contributed by atoms with Crippen LogP contribution in [0.3, 0.4) is 0 Å². The van der Waals surface area contributed by atoms with Crippen LogP contribution in [0, 0.1) is 0 Å². The van der Waals surface area contributed by atoms with Gasteiger partial charge < -0.3 is 14.6 Å². The lowest BCUT2D eigenvalue weighted by molar-refractivity contribution is 0.275. The summed E-state index contributed by atoms with van der Waals surface area (Å²) in [5.41, 5.74) is 1.46. The summed E-state index contributed by atoms with van der Waals surface area (Å²) in [5, 5.41) is 3.48. The van der Waals surface area contributed by atoms with Crippen LogP contribution in [0.15, 0.2) is 42.2 Å². The molecule has 0 saturated heterocycles. The molecule has 4 heteroatoms. The Morgan fingerprint density at radius 1 is 1.39 bits per heavy atom. The summed E-state index contributed by atoms with van der Waals surface area (Å²) in [6, 6.07) is 0. The van der Waals surface area contributed by atoms with Gasteiger partial charge >= 0.3 is 0 Å². The summed E-state index contributed by atoms with van der Waals surface area (Å²) in [6.07, 6.45) is 13.2. The molecule has 1 aromatic heterocycles. The third-order valence-electron chi connectivity index (χ3n) is 3.14. The number of hydrogen-bond acceptors (Lipinski definition) is 3. The number of aromatic nitrogens is 2. The third kappa shape index (κ3) is 4.04. The fourth-order valence-electron chi connectivity index (χ4n) is 2.03. The van der Waals surface area contributed by atoms with Crippen LogP contribution in [0.4, 0.5) is 0 Å². The highest BCUT2D eigenvalue weighted by Crippen LogP contribution is 2.17. The molecule has 0 atom stereocenters. The molecule has 0 bridgehead atoms. The Morgan fingerprint density at radius 3 is 3.00 bits per heavy atom. The maximum atomic E-state index is 5.21. The van der Waals surface area contributed by atoms with Gasteiger partial charge in [0.05, 0.1) is 19.2 Å². The molecule has 4 nitrogen and oxygen atoms in total. The van der Waals surface area contributed by atoms with Crippen LogP contribution in [-0.4, -0.2) is 29.8 Å². The molecule has 0 radical (unpaired) electrons. The molecule has 98 valence electrons. The van der Waals surface area contributed by atoms with E-state index >= 15 is 0 Å². The zero-order chi connectivity index (χ0) is 12.6. The van der Waals surface area contributed by atoms with E-state index in [0.29, 0.717) is 0 Å². The van der Waals surface area contributed by atoms with Crippen molar-refractivity contribution in [3.63, 3.8) is 0 Å². The molecule has 0 aromatic carbocycles. The van der Waals surface area contributed by atoms with Gasteiger partial charge in [-0.15, -0.1) is 0 Å². The maximum Gasteiger partial charge on any atom is 0.0958 e. The van der Waals surface area contributed by atoms with Crippen LogP contribution in [0.2, 0.25) is 0 Å². The first-order chi connectivity index (χ1) is 8.88. The van der Waals surface area contributed by atoms with Crippen LogP contribution in [0.25, 0.3) is 0 Å². The Hall–Kier alpha value is -1.55. The van der Waals surface area contributed by atoms with Crippen molar-refractivity contribution in [2.75, 3.05) is 20.2 Å². The highest BCUT2D eigenvalue weighted by molar-refractivity contribution is 5.21. The lowest BCUT2D eigenvalue weighted by atomic mass is 10.0. The summed E-state index contributed by atoms with van der Waals surface area (Å²) >= 11 is 0. The standard InChI is InChI=1S/C14H21N3O/c1-18-14-5-3-13(4-6-14)11-15-7-2-9-17-10-8-16-12-17/h3,5,8,10,12,15H,2,4,6-7,9,11H2,1H3. The van der Waals surface area contributed by atoms with E-state index in [9.17, 15) is 0 Å². The lowest BCUT2D eigenvalue weighted by Gasteiger charge is -2.14. The molecule has 0 amide bonds. The highest BCUT2D eigenvalue weighted by Gasteiger charge is 2.05. The summed E-state index contributed by atoms with van der Waals surface area (Å²) in [5.74, 6) is 1.08. The van der Waals surface area contributed by atoms with Crippen molar-refractivity contribution < 1.29 is 4.74 Å². The van der Waals surface area contributed by atoms with Gasteiger partial charge in [0.1, 0.15) is 0 Å². The first-order valence-corrected chi connectivity index (χ1v) is 6.47. The van der Waals surface area contributed by atoms with Crippen LogP contribution in [0.5, 0.6) is 0 Å². The molecule has 0 spiro atoms. The first-order valence-electron chi connectivity index (χ1n) is 6.47. The van der Waals surface area contributed by atoms with Gasteiger partial charge in [-0.25, -0.2) is 4.98 Å². The minimum absolute atomic E-state index is 0.984. The van der Waals surface area contributed by atoms with Crippen LogP contribution < -0.4 is 5.32 Å². The number of hydrogen-bond donors (Lipinski definition) is 1. The van der Waals surface area contributed by atoms with Crippen molar-refractivity contribution >= 4 is 0 Å². The fourth-order valence-corrected chi connectivity index (χ4v) is 2.03. The number of aryl methyl sites for hydroxylation is 1. The Bertz CT molecular complexity index is 407. The second-order valence-electron chi connectivity index (χ2n) is 4.49. The van der Waals surface area contributed by atoms with E-state index in [2.05, 4.69) is 27.0 Å². The molecule has 1 aliphatic carbocycles. The topological polar surface area (TPSA) is 39.1 Å². The monoisotopic (exact) mass is 247 g/mol. The van der Waals surface area contributed by atoms with E-state index in [4.69, 9.17) is 4.74 Å². The smallest absolute Gasteiger partial charge is 0.0958 e. The second kappa shape index (κ2) is 7.01. The average Bonchev–Trinajstić information content (AvgIpc) is 2.92. The van der Waals surface area contributed by atoms with Gasteiger partial charge in [0, 0.05) is 31.9 Å². The third-order valence-corrected chi connectivity index (χ3v) is 3.14. The van der Waals surface area contributed by atoms with Crippen molar-refractivity contribution in [1.29, 1.82) is 0 Å². The van der Waals surface area contributed by atoms with Gasteiger partial charge in [0.15, 0.2) is 0 Å². The molecule has 1 aromatic rings. The summed E-state index contributed by atoms with van der Waals surface area (Å²) < 4.78 is 7.32. The van der Waals surface area contributed by atoms with E-state index < -0.39 is 0 Å². The minimum Gasteiger partial charge on any atom is -0.501 e. The van der Waals surface area contributed by atoms with Crippen molar-refractivity contribution in [1.82, 2.24) is 14.9 Å². The van der Waals surface area contributed by atoms with Gasteiger partial charge in [-0.2, -0.15) is 0 Å². The Labute approximate surface area is 108 Å². The number of ether oxygens (including phenoxy) is 1. The lowest BCUT2D eigenvalue weighted by Crippen LogP contribution is -2.20. The second-order valence-corrected chi connectivity index (χ2v) is 4.49. The Balaban J connectivity index is 1.59. The van der Waals surface area contributed by atoms with E-state index in [-0.39, 0.29) is 0 Å². The summed E-state index contributed by atoms with van der Waals surface area (Å²) in [6.45, 7) is 3.05. The SMILES string of the molecule is COC1=CC=C(CNCCCn2ccnc2)CC1. The Kier molecular flexibility index (Phi) is 5.02. The van der Waals surface area contributed by atoms with E-state index in [0.717, 1.165) is 44.7 Å².